The Morgan fingerprint density at radius 3 is 2.84 bits per heavy atom. The van der Waals surface area contributed by atoms with Crippen molar-refractivity contribution in [1.29, 1.82) is 5.26 Å². The first kappa shape index (κ1) is 20.5. The third kappa shape index (κ3) is 3.61. The second-order valence-corrected chi connectivity index (χ2v) is 8.87. The number of nitriles is 1. The standard InChI is InChI=1S/C25H26N4O3/c1-32-25(31)21-4-2-3-20-19-8-5-14(9-16(19)13-27-23(20)21)10-18(12-26)29-24(30)22-15-6-7-17(11-15)28-22/h2-5,8-9,15,17-18,22,27-28H,6-7,10-11,13H2,1H3,(H,29,30). The third-order valence-corrected chi connectivity index (χ3v) is 6.94. The van der Waals surface area contributed by atoms with Crippen LogP contribution in [0.4, 0.5) is 5.69 Å². The number of methoxy groups -OCH3 is 1. The fourth-order valence-electron chi connectivity index (χ4n) is 5.39. The number of esters is 1. The summed E-state index contributed by atoms with van der Waals surface area (Å²) < 4.78 is 4.90. The van der Waals surface area contributed by atoms with Gasteiger partial charge in [-0.3, -0.25) is 4.79 Å². The average Bonchev–Trinajstić information content (AvgIpc) is 3.46. The lowest BCUT2D eigenvalue weighted by molar-refractivity contribution is -0.124. The molecule has 0 aromatic heterocycles. The Kier molecular flexibility index (Phi) is 5.32. The first-order valence-corrected chi connectivity index (χ1v) is 11.1. The van der Waals surface area contributed by atoms with Gasteiger partial charge in [0.15, 0.2) is 0 Å². The molecule has 0 radical (unpaired) electrons. The molecule has 2 aliphatic heterocycles. The Bertz CT molecular complexity index is 1120. The Morgan fingerprint density at radius 1 is 1.25 bits per heavy atom. The van der Waals surface area contributed by atoms with Gasteiger partial charge in [0, 0.05) is 24.6 Å². The highest BCUT2D eigenvalue weighted by molar-refractivity contribution is 6.01. The summed E-state index contributed by atoms with van der Waals surface area (Å²) >= 11 is 0. The predicted molar refractivity (Wildman–Crippen MR) is 120 cm³/mol. The van der Waals surface area contributed by atoms with Crippen LogP contribution in [0.25, 0.3) is 11.1 Å². The molecule has 7 heteroatoms. The van der Waals surface area contributed by atoms with Crippen LogP contribution in [0.1, 0.15) is 40.7 Å². The van der Waals surface area contributed by atoms with Crippen LogP contribution in [0, 0.1) is 17.2 Å². The second kappa shape index (κ2) is 8.29. The van der Waals surface area contributed by atoms with Crippen LogP contribution in [-0.2, 0) is 22.5 Å². The van der Waals surface area contributed by atoms with Gasteiger partial charge in [0.05, 0.1) is 30.5 Å². The molecule has 2 fully saturated rings. The number of carbonyl (C=O) groups excluding carboxylic acids is 2. The number of para-hydroxylation sites is 1. The van der Waals surface area contributed by atoms with Gasteiger partial charge in [0.2, 0.25) is 5.91 Å². The summed E-state index contributed by atoms with van der Waals surface area (Å²) in [6.45, 7) is 0.572. The van der Waals surface area contributed by atoms with E-state index in [1.807, 2.05) is 24.3 Å². The van der Waals surface area contributed by atoms with Crippen LogP contribution < -0.4 is 16.0 Å². The van der Waals surface area contributed by atoms with Crippen molar-refractivity contribution in [2.24, 2.45) is 5.92 Å². The first-order valence-electron chi connectivity index (χ1n) is 11.1. The van der Waals surface area contributed by atoms with E-state index in [1.165, 1.54) is 7.11 Å². The zero-order chi connectivity index (χ0) is 22.2. The van der Waals surface area contributed by atoms with Gasteiger partial charge in [-0.2, -0.15) is 5.26 Å². The normalized spacial score (nSPS) is 23.3. The van der Waals surface area contributed by atoms with Crippen LogP contribution in [0.3, 0.4) is 0 Å². The van der Waals surface area contributed by atoms with Crippen LogP contribution in [-0.4, -0.2) is 37.1 Å². The number of nitrogens with one attached hydrogen (secondary N) is 3. The highest BCUT2D eigenvalue weighted by Gasteiger charge is 2.43. The molecule has 164 valence electrons. The topological polar surface area (TPSA) is 103 Å². The lowest BCUT2D eigenvalue weighted by atomic mass is 9.90. The van der Waals surface area contributed by atoms with Crippen molar-refractivity contribution in [3.8, 4) is 17.2 Å². The number of ether oxygens (including phenoxy) is 1. The molecule has 2 heterocycles. The van der Waals surface area contributed by atoms with Crippen molar-refractivity contribution in [3.63, 3.8) is 0 Å². The molecule has 3 N–H and O–H groups in total. The van der Waals surface area contributed by atoms with E-state index in [0.29, 0.717) is 30.5 Å². The molecule has 0 spiro atoms. The van der Waals surface area contributed by atoms with Crippen molar-refractivity contribution in [1.82, 2.24) is 10.6 Å². The number of carbonyl (C=O) groups is 2. The molecular formula is C25H26N4O3. The van der Waals surface area contributed by atoms with Gasteiger partial charge in [-0.25, -0.2) is 4.79 Å². The molecule has 3 aliphatic rings. The quantitative estimate of drug-likeness (QED) is 0.631. The number of rotatable bonds is 5. The molecule has 4 atom stereocenters. The molecular weight excluding hydrogens is 404 g/mol. The van der Waals surface area contributed by atoms with Gasteiger partial charge < -0.3 is 20.7 Å². The first-order chi connectivity index (χ1) is 15.6. The van der Waals surface area contributed by atoms with Gasteiger partial charge in [-0.1, -0.05) is 30.3 Å². The Morgan fingerprint density at radius 2 is 2.12 bits per heavy atom. The van der Waals surface area contributed by atoms with Crippen molar-refractivity contribution in [2.75, 3.05) is 12.4 Å². The Labute approximate surface area is 187 Å². The van der Waals surface area contributed by atoms with E-state index in [-0.39, 0.29) is 17.9 Å². The number of piperidine rings is 1. The number of amides is 1. The van der Waals surface area contributed by atoms with E-state index < -0.39 is 6.04 Å². The van der Waals surface area contributed by atoms with Gasteiger partial charge >= 0.3 is 5.97 Å². The number of hydrogen-bond donors (Lipinski definition) is 3. The number of nitrogens with zero attached hydrogens (tertiary/aromatic N) is 1. The highest BCUT2D eigenvalue weighted by atomic mass is 16.5. The molecule has 2 aromatic carbocycles. The smallest absolute Gasteiger partial charge is 0.339 e. The van der Waals surface area contributed by atoms with Crippen LogP contribution in [0.2, 0.25) is 0 Å². The van der Waals surface area contributed by atoms with Gasteiger partial charge in [-0.05, 0) is 47.9 Å². The largest absolute Gasteiger partial charge is 0.465 e. The molecule has 1 saturated heterocycles. The van der Waals surface area contributed by atoms with Crippen LogP contribution in [0.15, 0.2) is 36.4 Å². The van der Waals surface area contributed by atoms with Crippen molar-refractivity contribution in [3.05, 3.63) is 53.1 Å². The second-order valence-electron chi connectivity index (χ2n) is 8.87. The minimum atomic E-state index is -0.573. The van der Waals surface area contributed by atoms with E-state index in [0.717, 1.165) is 47.2 Å². The summed E-state index contributed by atoms with van der Waals surface area (Å²) in [4.78, 5) is 24.8. The summed E-state index contributed by atoms with van der Waals surface area (Å²) in [5, 5.41) is 19.3. The zero-order valence-electron chi connectivity index (χ0n) is 18.0. The molecule has 2 aromatic rings. The molecule has 1 aliphatic carbocycles. The van der Waals surface area contributed by atoms with Crippen molar-refractivity contribution < 1.29 is 14.3 Å². The van der Waals surface area contributed by atoms with Crippen molar-refractivity contribution in [2.45, 2.75) is 50.4 Å². The van der Waals surface area contributed by atoms with E-state index in [1.54, 1.807) is 6.07 Å². The van der Waals surface area contributed by atoms with Gasteiger partial charge in [0.25, 0.3) is 0 Å². The van der Waals surface area contributed by atoms with Crippen LogP contribution >= 0.6 is 0 Å². The minimum absolute atomic E-state index is 0.0624. The van der Waals surface area contributed by atoms with Crippen LogP contribution in [0.5, 0.6) is 0 Å². The molecule has 32 heavy (non-hydrogen) atoms. The number of fused-ring (bicyclic) bond motifs is 5. The maximum atomic E-state index is 12.7. The zero-order valence-corrected chi connectivity index (χ0v) is 18.0. The van der Waals surface area contributed by atoms with E-state index in [9.17, 15) is 14.9 Å². The lowest BCUT2D eigenvalue weighted by Crippen LogP contribution is -2.50. The van der Waals surface area contributed by atoms with E-state index >= 15 is 0 Å². The summed E-state index contributed by atoms with van der Waals surface area (Å²) in [6.07, 6.45) is 3.74. The number of hydrogen-bond acceptors (Lipinski definition) is 6. The molecule has 1 amide bonds. The molecule has 2 bridgehead atoms. The molecule has 5 rings (SSSR count). The van der Waals surface area contributed by atoms with E-state index in [2.05, 4.69) is 28.1 Å². The average molecular weight is 431 g/mol. The SMILES string of the molecule is COC(=O)c1cccc2c1NCc1cc(CC(C#N)NC(=O)C3NC4CCC3C4)ccc1-2. The Hall–Kier alpha value is -3.37. The predicted octanol–water partition coefficient (Wildman–Crippen LogP) is 2.76. The maximum Gasteiger partial charge on any atom is 0.339 e. The highest BCUT2D eigenvalue weighted by Crippen LogP contribution is 2.38. The summed E-state index contributed by atoms with van der Waals surface area (Å²) in [5.74, 6) is -0.0382. The minimum Gasteiger partial charge on any atom is -0.465 e. The van der Waals surface area contributed by atoms with Gasteiger partial charge in [-0.15, -0.1) is 0 Å². The van der Waals surface area contributed by atoms with E-state index in [4.69, 9.17) is 4.74 Å². The number of anilines is 1. The number of benzene rings is 2. The van der Waals surface area contributed by atoms with Crippen molar-refractivity contribution >= 4 is 17.6 Å². The van der Waals surface area contributed by atoms with Gasteiger partial charge in [0.1, 0.15) is 6.04 Å². The lowest BCUT2D eigenvalue weighted by Gasteiger charge is -2.25. The maximum absolute atomic E-state index is 12.7. The fourth-order valence-corrected chi connectivity index (χ4v) is 5.39. The molecule has 4 unspecified atom stereocenters. The Balaban J connectivity index is 1.32. The molecule has 7 nitrogen and oxygen atoms in total. The molecule has 1 saturated carbocycles. The fraction of sp³-hybridized carbons (Fsp3) is 0.400. The summed E-state index contributed by atoms with van der Waals surface area (Å²) in [5.41, 5.74) is 5.38. The summed E-state index contributed by atoms with van der Waals surface area (Å²) in [6, 6.07) is 13.6. The third-order valence-electron chi connectivity index (χ3n) is 6.94. The summed E-state index contributed by atoms with van der Waals surface area (Å²) in [7, 11) is 1.38. The monoisotopic (exact) mass is 430 g/mol.